The molecule has 1 aromatic heterocycles. The Bertz CT molecular complexity index is 568. The number of hydrogen-bond acceptors (Lipinski definition) is 2. The Hall–Kier alpha value is -1.19. The first kappa shape index (κ1) is 11.9. The Balaban J connectivity index is 1.99. The van der Waals surface area contributed by atoms with E-state index in [1.807, 2.05) is 0 Å². The van der Waals surface area contributed by atoms with Gasteiger partial charge in [0.15, 0.2) is 0 Å². The number of anilines is 1. The molecule has 0 aliphatic carbocycles. The summed E-state index contributed by atoms with van der Waals surface area (Å²) in [6, 6.07) is 6.41. The van der Waals surface area contributed by atoms with Crippen LogP contribution in [0.2, 0.25) is 5.02 Å². The normalized spacial score (nSPS) is 17.6. The van der Waals surface area contributed by atoms with Crippen LogP contribution in [0, 0.1) is 0 Å². The zero-order valence-electron chi connectivity index (χ0n) is 10.9. The van der Waals surface area contributed by atoms with Crippen molar-refractivity contribution in [3.8, 4) is 0 Å². The van der Waals surface area contributed by atoms with Crippen molar-refractivity contribution in [2.24, 2.45) is 7.05 Å². The number of nitrogens with zero attached hydrogens (tertiary/aromatic N) is 3. The quantitative estimate of drug-likeness (QED) is 0.784. The van der Waals surface area contributed by atoms with E-state index in [4.69, 9.17) is 11.6 Å². The second kappa shape index (κ2) is 4.48. The highest BCUT2D eigenvalue weighted by atomic mass is 35.5. The molecular weight excluding hydrogens is 246 g/mol. The fourth-order valence-corrected chi connectivity index (χ4v) is 2.83. The van der Waals surface area contributed by atoms with Crippen LogP contribution in [0.5, 0.6) is 0 Å². The Labute approximate surface area is 113 Å². The zero-order chi connectivity index (χ0) is 12.7. The van der Waals surface area contributed by atoms with Crippen molar-refractivity contribution < 1.29 is 0 Å². The summed E-state index contributed by atoms with van der Waals surface area (Å²) in [5.74, 6) is 0. The maximum Gasteiger partial charge on any atom is 0.0520 e. The number of rotatable bonds is 1. The van der Waals surface area contributed by atoms with E-state index in [0.717, 1.165) is 36.6 Å². The second-order valence-corrected chi connectivity index (χ2v) is 5.48. The van der Waals surface area contributed by atoms with Crippen molar-refractivity contribution in [1.82, 2.24) is 9.47 Å². The molecule has 0 atom stereocenters. The van der Waals surface area contributed by atoms with E-state index in [0.29, 0.717) is 0 Å². The molecule has 0 spiro atoms. The van der Waals surface area contributed by atoms with Gasteiger partial charge in [0.2, 0.25) is 0 Å². The summed E-state index contributed by atoms with van der Waals surface area (Å²) in [4.78, 5) is 4.78. The van der Waals surface area contributed by atoms with Crippen molar-refractivity contribution in [2.45, 2.75) is 0 Å². The summed E-state index contributed by atoms with van der Waals surface area (Å²) in [6.07, 6.45) is 2.06. The molecule has 0 radical (unpaired) electrons. The average Bonchev–Trinajstić information content (AvgIpc) is 2.73. The second-order valence-electron chi connectivity index (χ2n) is 5.08. The van der Waals surface area contributed by atoms with E-state index in [1.165, 1.54) is 11.2 Å². The molecule has 96 valence electrons. The summed E-state index contributed by atoms with van der Waals surface area (Å²) in [7, 11) is 4.23. The van der Waals surface area contributed by atoms with Crippen LogP contribution in [0.3, 0.4) is 0 Å². The van der Waals surface area contributed by atoms with Crippen LogP contribution in [-0.4, -0.2) is 42.7 Å². The highest BCUT2D eigenvalue weighted by Gasteiger charge is 2.16. The minimum atomic E-state index is 0.849. The zero-order valence-corrected chi connectivity index (χ0v) is 11.6. The summed E-state index contributed by atoms with van der Waals surface area (Å²) < 4.78 is 2.13. The molecule has 2 aromatic rings. The number of fused-ring (bicyclic) bond motifs is 1. The van der Waals surface area contributed by atoms with E-state index in [2.05, 4.69) is 52.9 Å². The lowest BCUT2D eigenvalue weighted by Crippen LogP contribution is -2.44. The van der Waals surface area contributed by atoms with E-state index in [-0.39, 0.29) is 0 Å². The molecule has 3 rings (SSSR count). The Kier molecular flexibility index (Phi) is 2.96. The van der Waals surface area contributed by atoms with Gasteiger partial charge in [-0.1, -0.05) is 11.6 Å². The third-order valence-electron chi connectivity index (χ3n) is 3.81. The average molecular weight is 264 g/mol. The van der Waals surface area contributed by atoms with Gasteiger partial charge in [-0.2, -0.15) is 0 Å². The number of benzene rings is 1. The van der Waals surface area contributed by atoms with Gasteiger partial charge in [0.25, 0.3) is 0 Å². The Morgan fingerprint density at radius 2 is 1.78 bits per heavy atom. The third kappa shape index (κ3) is 1.98. The van der Waals surface area contributed by atoms with Gasteiger partial charge < -0.3 is 14.4 Å². The number of aryl methyl sites for hydroxylation is 1. The molecule has 0 unspecified atom stereocenters. The largest absolute Gasteiger partial charge is 0.369 e. The molecule has 1 fully saturated rings. The van der Waals surface area contributed by atoms with Gasteiger partial charge in [-0.05, 0) is 25.2 Å². The van der Waals surface area contributed by atoms with Crippen LogP contribution >= 0.6 is 11.6 Å². The first-order valence-corrected chi connectivity index (χ1v) is 6.71. The number of aromatic nitrogens is 1. The SMILES string of the molecule is CN1CCN(c2cc(Cl)c3ccn(C)c3c2)CC1. The van der Waals surface area contributed by atoms with Gasteiger partial charge in [0.05, 0.1) is 10.5 Å². The molecule has 0 bridgehead atoms. The van der Waals surface area contributed by atoms with Crippen molar-refractivity contribution in [3.05, 3.63) is 29.4 Å². The molecular formula is C14H18ClN3. The van der Waals surface area contributed by atoms with Gasteiger partial charge in [-0.25, -0.2) is 0 Å². The van der Waals surface area contributed by atoms with Crippen LogP contribution in [0.15, 0.2) is 24.4 Å². The predicted molar refractivity (Wildman–Crippen MR) is 77.6 cm³/mol. The molecule has 1 saturated heterocycles. The van der Waals surface area contributed by atoms with E-state index in [1.54, 1.807) is 0 Å². The molecule has 1 aromatic carbocycles. The highest BCUT2D eigenvalue weighted by molar-refractivity contribution is 6.35. The molecule has 2 heterocycles. The maximum absolute atomic E-state index is 6.37. The van der Waals surface area contributed by atoms with Crippen LogP contribution in [-0.2, 0) is 7.05 Å². The minimum Gasteiger partial charge on any atom is -0.369 e. The minimum absolute atomic E-state index is 0.849. The van der Waals surface area contributed by atoms with Crippen LogP contribution < -0.4 is 4.90 Å². The van der Waals surface area contributed by atoms with Gasteiger partial charge in [-0.15, -0.1) is 0 Å². The predicted octanol–water partition coefficient (Wildman–Crippen LogP) is 2.58. The number of halogens is 1. The van der Waals surface area contributed by atoms with E-state index >= 15 is 0 Å². The maximum atomic E-state index is 6.37. The Morgan fingerprint density at radius 1 is 1.06 bits per heavy atom. The monoisotopic (exact) mass is 263 g/mol. The van der Waals surface area contributed by atoms with Gasteiger partial charge in [-0.3, -0.25) is 0 Å². The van der Waals surface area contributed by atoms with Gasteiger partial charge in [0, 0.05) is 50.5 Å². The number of likely N-dealkylation sites (N-methyl/N-ethyl adjacent to an activating group) is 1. The van der Waals surface area contributed by atoms with Crippen molar-refractivity contribution in [1.29, 1.82) is 0 Å². The van der Waals surface area contributed by atoms with Crippen LogP contribution in [0.1, 0.15) is 0 Å². The molecule has 18 heavy (non-hydrogen) atoms. The molecule has 1 aliphatic rings. The fourth-order valence-electron chi connectivity index (χ4n) is 2.56. The summed E-state index contributed by atoms with van der Waals surface area (Å²) in [5, 5.41) is 1.99. The molecule has 3 nitrogen and oxygen atoms in total. The lowest BCUT2D eigenvalue weighted by molar-refractivity contribution is 0.313. The van der Waals surface area contributed by atoms with Crippen molar-refractivity contribution in [2.75, 3.05) is 38.1 Å². The van der Waals surface area contributed by atoms with E-state index in [9.17, 15) is 0 Å². The van der Waals surface area contributed by atoms with E-state index < -0.39 is 0 Å². The fraction of sp³-hybridized carbons (Fsp3) is 0.429. The summed E-state index contributed by atoms with van der Waals surface area (Å²) >= 11 is 6.37. The lowest BCUT2D eigenvalue weighted by Gasteiger charge is -2.34. The Morgan fingerprint density at radius 3 is 2.50 bits per heavy atom. The first-order valence-electron chi connectivity index (χ1n) is 6.33. The van der Waals surface area contributed by atoms with Gasteiger partial charge >= 0.3 is 0 Å². The smallest absolute Gasteiger partial charge is 0.0520 e. The van der Waals surface area contributed by atoms with Crippen molar-refractivity contribution >= 4 is 28.2 Å². The summed E-state index contributed by atoms with van der Waals surface area (Å²) in [6.45, 7) is 4.37. The molecule has 0 saturated carbocycles. The first-order chi connectivity index (χ1) is 8.65. The standard InChI is InChI=1S/C14H18ClN3/c1-16-5-7-18(8-6-16)11-9-13(15)12-3-4-17(2)14(12)10-11/h3-4,9-10H,5-8H2,1-2H3. The number of hydrogen-bond donors (Lipinski definition) is 0. The third-order valence-corrected chi connectivity index (χ3v) is 4.12. The van der Waals surface area contributed by atoms with Gasteiger partial charge in [0.1, 0.15) is 0 Å². The molecule has 4 heteroatoms. The lowest BCUT2D eigenvalue weighted by atomic mass is 10.2. The molecule has 0 N–H and O–H groups in total. The van der Waals surface area contributed by atoms with Crippen LogP contribution in [0.4, 0.5) is 5.69 Å². The van der Waals surface area contributed by atoms with Crippen LogP contribution in [0.25, 0.3) is 10.9 Å². The highest BCUT2D eigenvalue weighted by Crippen LogP contribution is 2.30. The topological polar surface area (TPSA) is 11.4 Å². The molecule has 1 aliphatic heterocycles. The van der Waals surface area contributed by atoms with Crippen molar-refractivity contribution in [3.63, 3.8) is 0 Å². The number of piperazine rings is 1. The molecule has 0 amide bonds. The summed E-state index contributed by atoms with van der Waals surface area (Å²) in [5.41, 5.74) is 2.44.